The highest BCUT2D eigenvalue weighted by molar-refractivity contribution is 6.65. The van der Waals surface area contributed by atoms with E-state index in [1.165, 1.54) is 6.26 Å². The molecule has 0 atom stereocenters. The Bertz CT molecular complexity index is 112. The van der Waals surface area contributed by atoms with E-state index in [4.69, 9.17) is 13.6 Å². The topological polar surface area (TPSA) is 27.7 Å². The van der Waals surface area contributed by atoms with Crippen LogP contribution in [0.1, 0.15) is 0 Å². The van der Waals surface area contributed by atoms with Crippen LogP contribution < -0.4 is 0 Å². The number of ether oxygens (including phenoxy) is 1. The largest absolute Gasteiger partial charge is 0.502 e. The Labute approximate surface area is 69.2 Å². The number of rotatable bonds is 6. The van der Waals surface area contributed by atoms with Crippen molar-refractivity contribution in [3.05, 3.63) is 12.8 Å². The zero-order chi connectivity index (χ0) is 8.74. The van der Waals surface area contributed by atoms with Crippen LogP contribution in [0.15, 0.2) is 12.8 Å². The lowest BCUT2D eigenvalue weighted by molar-refractivity contribution is 0.217. The summed E-state index contributed by atoms with van der Waals surface area (Å²) < 4.78 is 15.4. The third-order valence-electron chi connectivity index (χ3n) is 1.66. The third-order valence-corrected chi connectivity index (χ3v) is 4.50. The maximum absolute atomic E-state index is 5.24. The van der Waals surface area contributed by atoms with Gasteiger partial charge in [-0.2, -0.15) is 0 Å². The molecular weight excluding hydrogens is 160 g/mol. The van der Waals surface area contributed by atoms with E-state index < -0.39 is 8.56 Å². The number of hydrogen-bond acceptors (Lipinski definition) is 3. The Morgan fingerprint density at radius 1 is 1.36 bits per heavy atom. The first-order valence-corrected chi connectivity index (χ1v) is 6.03. The molecule has 0 unspecified atom stereocenters. The van der Waals surface area contributed by atoms with Gasteiger partial charge in [0, 0.05) is 20.3 Å². The standard InChI is InChI=1S/C7H16O3Si/c1-5-10-6-7-11(4,8-2)9-3/h5H,1,6-7H2,2-4H3. The fraction of sp³-hybridized carbons (Fsp3) is 0.714. The lowest BCUT2D eigenvalue weighted by atomic mass is 10.8. The van der Waals surface area contributed by atoms with Gasteiger partial charge in [-0.25, -0.2) is 0 Å². The summed E-state index contributed by atoms with van der Waals surface area (Å²) >= 11 is 0. The molecule has 0 radical (unpaired) electrons. The molecule has 0 aromatic rings. The van der Waals surface area contributed by atoms with Gasteiger partial charge in [0.25, 0.3) is 0 Å². The Kier molecular flexibility index (Phi) is 5.19. The second-order valence-electron chi connectivity index (χ2n) is 2.33. The zero-order valence-electron chi connectivity index (χ0n) is 7.42. The van der Waals surface area contributed by atoms with Gasteiger partial charge in [-0.15, -0.1) is 0 Å². The molecule has 4 heteroatoms. The maximum Gasteiger partial charge on any atom is 0.337 e. The van der Waals surface area contributed by atoms with Crippen LogP contribution in [0.5, 0.6) is 0 Å². The van der Waals surface area contributed by atoms with Crippen molar-refractivity contribution in [2.45, 2.75) is 12.6 Å². The summed E-state index contributed by atoms with van der Waals surface area (Å²) in [7, 11) is 1.43. The quantitative estimate of drug-likeness (QED) is 0.349. The van der Waals surface area contributed by atoms with Crippen molar-refractivity contribution < 1.29 is 13.6 Å². The molecule has 11 heavy (non-hydrogen) atoms. The highest BCUT2D eigenvalue weighted by Gasteiger charge is 2.28. The summed E-state index contributed by atoms with van der Waals surface area (Å²) in [6.45, 7) is 6.06. The van der Waals surface area contributed by atoms with E-state index in [9.17, 15) is 0 Å². The van der Waals surface area contributed by atoms with E-state index in [1.54, 1.807) is 14.2 Å². The van der Waals surface area contributed by atoms with Crippen LogP contribution in [0, 0.1) is 0 Å². The Balaban J connectivity index is 3.59. The molecule has 0 fully saturated rings. The van der Waals surface area contributed by atoms with Gasteiger partial charge in [0.05, 0.1) is 12.9 Å². The van der Waals surface area contributed by atoms with Crippen LogP contribution in [-0.2, 0) is 13.6 Å². The van der Waals surface area contributed by atoms with Crippen molar-refractivity contribution in [2.24, 2.45) is 0 Å². The zero-order valence-corrected chi connectivity index (χ0v) is 8.42. The molecule has 0 aromatic carbocycles. The highest BCUT2D eigenvalue weighted by atomic mass is 28.4. The van der Waals surface area contributed by atoms with E-state index in [1.807, 2.05) is 6.55 Å². The lowest BCUT2D eigenvalue weighted by Crippen LogP contribution is -2.37. The van der Waals surface area contributed by atoms with E-state index in [-0.39, 0.29) is 0 Å². The second-order valence-corrected chi connectivity index (χ2v) is 5.91. The summed E-state index contributed by atoms with van der Waals surface area (Å²) in [5, 5.41) is 0. The van der Waals surface area contributed by atoms with Crippen molar-refractivity contribution in [1.29, 1.82) is 0 Å². The third kappa shape index (κ3) is 4.18. The molecule has 0 aromatic heterocycles. The van der Waals surface area contributed by atoms with Crippen molar-refractivity contribution in [1.82, 2.24) is 0 Å². The van der Waals surface area contributed by atoms with E-state index in [2.05, 4.69) is 6.58 Å². The summed E-state index contributed by atoms with van der Waals surface area (Å²) in [5.41, 5.74) is 0. The number of hydrogen-bond donors (Lipinski definition) is 0. The van der Waals surface area contributed by atoms with E-state index in [0.717, 1.165) is 6.04 Å². The monoisotopic (exact) mass is 176 g/mol. The average Bonchev–Trinajstić information content (AvgIpc) is 2.05. The second kappa shape index (κ2) is 5.34. The van der Waals surface area contributed by atoms with E-state index >= 15 is 0 Å². The predicted octanol–water partition coefficient (Wildman–Crippen LogP) is 1.51. The first kappa shape index (κ1) is 10.7. The van der Waals surface area contributed by atoms with Gasteiger partial charge in [-0.05, 0) is 6.55 Å². The molecular formula is C7H16O3Si. The van der Waals surface area contributed by atoms with Crippen LogP contribution in [0.2, 0.25) is 12.6 Å². The fourth-order valence-electron chi connectivity index (χ4n) is 0.615. The fourth-order valence-corrected chi connectivity index (χ4v) is 1.68. The minimum absolute atomic E-state index is 0.619. The van der Waals surface area contributed by atoms with Gasteiger partial charge in [-0.3, -0.25) is 0 Å². The molecule has 0 aliphatic rings. The van der Waals surface area contributed by atoms with Gasteiger partial charge >= 0.3 is 8.56 Å². The van der Waals surface area contributed by atoms with Gasteiger partial charge in [0.1, 0.15) is 0 Å². The van der Waals surface area contributed by atoms with Gasteiger partial charge in [0.2, 0.25) is 0 Å². The molecule has 0 rings (SSSR count). The average molecular weight is 176 g/mol. The van der Waals surface area contributed by atoms with Crippen molar-refractivity contribution in [3.8, 4) is 0 Å². The van der Waals surface area contributed by atoms with Gasteiger partial charge in [-0.1, -0.05) is 6.58 Å². The molecule has 0 saturated heterocycles. The maximum atomic E-state index is 5.24. The van der Waals surface area contributed by atoms with Crippen LogP contribution >= 0.6 is 0 Å². The summed E-state index contributed by atoms with van der Waals surface area (Å²) in [5.74, 6) is 0. The first-order valence-electron chi connectivity index (χ1n) is 3.51. The summed E-state index contributed by atoms with van der Waals surface area (Å²) in [6, 6.07) is 0.825. The molecule has 0 spiro atoms. The minimum Gasteiger partial charge on any atom is -0.502 e. The molecule has 0 bridgehead atoms. The Hall–Kier alpha value is -0.323. The van der Waals surface area contributed by atoms with Crippen LogP contribution in [0.3, 0.4) is 0 Å². The molecule has 3 nitrogen and oxygen atoms in total. The smallest absolute Gasteiger partial charge is 0.337 e. The van der Waals surface area contributed by atoms with Crippen molar-refractivity contribution >= 4 is 8.56 Å². The Morgan fingerprint density at radius 2 is 1.91 bits per heavy atom. The highest BCUT2D eigenvalue weighted by Crippen LogP contribution is 2.10. The van der Waals surface area contributed by atoms with Crippen LogP contribution in [0.4, 0.5) is 0 Å². The SMILES string of the molecule is C=COCC[Si](C)(OC)OC. The molecule has 0 amide bonds. The summed E-state index contributed by atoms with van der Waals surface area (Å²) in [6.07, 6.45) is 1.43. The molecule has 0 aliphatic heterocycles. The molecule has 0 aliphatic carbocycles. The van der Waals surface area contributed by atoms with Gasteiger partial charge in [0.15, 0.2) is 0 Å². The van der Waals surface area contributed by atoms with Crippen LogP contribution in [-0.4, -0.2) is 29.4 Å². The normalized spacial score (nSPS) is 11.2. The molecule has 0 N–H and O–H groups in total. The van der Waals surface area contributed by atoms with Crippen molar-refractivity contribution in [2.75, 3.05) is 20.8 Å². The first-order chi connectivity index (χ1) is 5.18. The lowest BCUT2D eigenvalue weighted by Gasteiger charge is -2.21. The molecule has 0 saturated carbocycles. The van der Waals surface area contributed by atoms with Gasteiger partial charge < -0.3 is 13.6 Å². The predicted molar refractivity (Wildman–Crippen MR) is 46.6 cm³/mol. The van der Waals surface area contributed by atoms with Crippen LogP contribution in [0.25, 0.3) is 0 Å². The van der Waals surface area contributed by atoms with E-state index in [0.29, 0.717) is 6.61 Å². The van der Waals surface area contributed by atoms with Crippen molar-refractivity contribution in [3.63, 3.8) is 0 Å². The minimum atomic E-state index is -1.91. The summed E-state index contributed by atoms with van der Waals surface area (Å²) in [4.78, 5) is 0. The molecule has 66 valence electrons. The molecule has 0 heterocycles. The Morgan fingerprint density at radius 3 is 2.27 bits per heavy atom.